The van der Waals surface area contributed by atoms with Crippen molar-refractivity contribution in [2.75, 3.05) is 13.2 Å². The monoisotopic (exact) mass is 747 g/mol. The molecule has 1 unspecified atom stereocenters. The summed E-state index contributed by atoms with van der Waals surface area (Å²) < 4.78 is 16.6. The molecule has 6 heteroatoms. The fourth-order valence-electron chi connectivity index (χ4n) is 6.44. The summed E-state index contributed by atoms with van der Waals surface area (Å²) in [4.78, 5) is 37.6. The van der Waals surface area contributed by atoms with Crippen LogP contribution in [0.15, 0.2) is 24.3 Å². The second kappa shape index (κ2) is 42.6. The molecule has 310 valence electrons. The van der Waals surface area contributed by atoms with Gasteiger partial charge in [-0.15, -0.1) is 0 Å². The molecule has 0 radical (unpaired) electrons. The van der Waals surface area contributed by atoms with Crippen molar-refractivity contribution in [2.24, 2.45) is 0 Å². The van der Waals surface area contributed by atoms with Gasteiger partial charge in [0.2, 0.25) is 0 Å². The molecular formula is C47H86O6. The van der Waals surface area contributed by atoms with Crippen LogP contribution in [0.5, 0.6) is 0 Å². The zero-order valence-electron chi connectivity index (χ0n) is 35.3. The SMILES string of the molecule is CCCCC/C=C\CCCCCCCC(=O)OC(COC(=O)CCC/C=C\CCCCCC)COC(=O)CCCCCCCCCCCCCCCC. The van der Waals surface area contributed by atoms with E-state index in [1.165, 1.54) is 128 Å². The van der Waals surface area contributed by atoms with Gasteiger partial charge in [-0.3, -0.25) is 14.4 Å². The van der Waals surface area contributed by atoms with Crippen LogP contribution in [0, 0.1) is 0 Å². The lowest BCUT2D eigenvalue weighted by Gasteiger charge is -2.18. The zero-order chi connectivity index (χ0) is 38.7. The summed E-state index contributed by atoms with van der Waals surface area (Å²) in [6.07, 6.45) is 45.9. The largest absolute Gasteiger partial charge is 0.462 e. The number of carbonyl (C=O) groups is 3. The molecule has 1 atom stereocenters. The summed E-state index contributed by atoms with van der Waals surface area (Å²) in [6.45, 7) is 6.55. The summed E-state index contributed by atoms with van der Waals surface area (Å²) in [6, 6.07) is 0. The molecule has 0 aliphatic heterocycles. The normalized spacial score (nSPS) is 12.1. The number of carbonyl (C=O) groups excluding carboxylic acids is 3. The molecule has 0 aliphatic rings. The third-order valence-corrected chi connectivity index (χ3v) is 9.93. The first-order chi connectivity index (χ1) is 26.0. The molecule has 0 spiro atoms. The Hall–Kier alpha value is -2.11. The number of unbranched alkanes of at least 4 members (excludes halogenated alkanes) is 26. The lowest BCUT2D eigenvalue weighted by molar-refractivity contribution is -0.167. The minimum atomic E-state index is -0.779. The first kappa shape index (κ1) is 50.9. The van der Waals surface area contributed by atoms with Crippen LogP contribution in [-0.2, 0) is 28.6 Å². The van der Waals surface area contributed by atoms with E-state index in [4.69, 9.17) is 14.2 Å². The fraction of sp³-hybridized carbons (Fsp3) is 0.851. The van der Waals surface area contributed by atoms with Gasteiger partial charge < -0.3 is 14.2 Å². The Morgan fingerprint density at radius 2 is 0.642 bits per heavy atom. The average Bonchev–Trinajstić information content (AvgIpc) is 3.15. The van der Waals surface area contributed by atoms with Crippen molar-refractivity contribution in [3.8, 4) is 0 Å². The van der Waals surface area contributed by atoms with Crippen molar-refractivity contribution < 1.29 is 28.6 Å². The molecule has 0 saturated heterocycles. The van der Waals surface area contributed by atoms with Gasteiger partial charge in [0, 0.05) is 19.3 Å². The first-order valence-corrected chi connectivity index (χ1v) is 22.8. The van der Waals surface area contributed by atoms with Gasteiger partial charge in [-0.25, -0.2) is 0 Å². The Kier molecular flexibility index (Phi) is 40.9. The number of esters is 3. The topological polar surface area (TPSA) is 78.9 Å². The van der Waals surface area contributed by atoms with E-state index >= 15 is 0 Å². The highest BCUT2D eigenvalue weighted by molar-refractivity contribution is 5.71. The van der Waals surface area contributed by atoms with E-state index in [0.717, 1.165) is 70.6 Å². The maximum absolute atomic E-state index is 12.7. The standard InChI is InChI=1S/C47H86O6/c1-4-7-10-13-16-19-21-23-24-26-28-31-34-37-40-46(49)52-43-44(42-51-45(48)39-36-33-30-27-18-15-12-9-6-3)53-47(50)41-38-35-32-29-25-22-20-17-14-11-8-5-2/h17,20,27,30,44H,4-16,18-19,21-26,28-29,31-43H2,1-3H3/b20-17-,30-27-. The van der Waals surface area contributed by atoms with Gasteiger partial charge in [-0.2, -0.15) is 0 Å². The molecule has 0 aromatic carbocycles. The van der Waals surface area contributed by atoms with E-state index in [9.17, 15) is 14.4 Å². The Bertz CT molecular complexity index is 865. The van der Waals surface area contributed by atoms with Crippen LogP contribution in [0.4, 0.5) is 0 Å². The van der Waals surface area contributed by atoms with Gasteiger partial charge in [-0.05, 0) is 64.2 Å². The molecule has 0 aliphatic carbocycles. The van der Waals surface area contributed by atoms with Crippen molar-refractivity contribution >= 4 is 17.9 Å². The number of hydrogen-bond acceptors (Lipinski definition) is 6. The average molecular weight is 747 g/mol. The smallest absolute Gasteiger partial charge is 0.306 e. The molecule has 0 amide bonds. The predicted molar refractivity (Wildman–Crippen MR) is 224 cm³/mol. The Morgan fingerprint density at radius 1 is 0.358 bits per heavy atom. The minimum absolute atomic E-state index is 0.0802. The van der Waals surface area contributed by atoms with Crippen LogP contribution in [0.25, 0.3) is 0 Å². The van der Waals surface area contributed by atoms with Gasteiger partial charge in [0.15, 0.2) is 6.10 Å². The van der Waals surface area contributed by atoms with Crippen LogP contribution in [0.2, 0.25) is 0 Å². The molecule has 0 fully saturated rings. The molecular weight excluding hydrogens is 661 g/mol. The predicted octanol–water partition coefficient (Wildman–Crippen LogP) is 14.4. The van der Waals surface area contributed by atoms with Crippen molar-refractivity contribution in [2.45, 2.75) is 245 Å². The van der Waals surface area contributed by atoms with Crippen molar-refractivity contribution in [3.05, 3.63) is 24.3 Å². The van der Waals surface area contributed by atoms with Crippen LogP contribution in [0.3, 0.4) is 0 Å². The second-order valence-electron chi connectivity index (χ2n) is 15.3. The van der Waals surface area contributed by atoms with Gasteiger partial charge in [-0.1, -0.05) is 180 Å². The van der Waals surface area contributed by atoms with Gasteiger partial charge in [0.1, 0.15) is 13.2 Å². The van der Waals surface area contributed by atoms with Gasteiger partial charge in [0.05, 0.1) is 0 Å². The Labute approximate surface area is 328 Å². The van der Waals surface area contributed by atoms with Crippen LogP contribution in [0.1, 0.15) is 239 Å². The molecule has 0 heterocycles. The molecule has 53 heavy (non-hydrogen) atoms. The lowest BCUT2D eigenvalue weighted by Crippen LogP contribution is -2.30. The minimum Gasteiger partial charge on any atom is -0.462 e. The molecule has 0 bridgehead atoms. The summed E-state index contributed by atoms with van der Waals surface area (Å²) >= 11 is 0. The van der Waals surface area contributed by atoms with Crippen molar-refractivity contribution in [1.82, 2.24) is 0 Å². The van der Waals surface area contributed by atoms with Gasteiger partial charge >= 0.3 is 17.9 Å². The number of allylic oxidation sites excluding steroid dienone is 4. The molecule has 6 nitrogen and oxygen atoms in total. The molecule has 0 aromatic heterocycles. The molecule has 0 aromatic rings. The third kappa shape index (κ3) is 40.9. The van der Waals surface area contributed by atoms with E-state index in [2.05, 4.69) is 45.1 Å². The number of ether oxygens (including phenoxy) is 3. The number of hydrogen-bond donors (Lipinski definition) is 0. The van der Waals surface area contributed by atoms with E-state index < -0.39 is 6.10 Å². The number of rotatable bonds is 41. The van der Waals surface area contributed by atoms with Crippen LogP contribution in [-0.4, -0.2) is 37.2 Å². The maximum atomic E-state index is 12.7. The molecule has 0 saturated carbocycles. The van der Waals surface area contributed by atoms with E-state index in [-0.39, 0.29) is 31.1 Å². The highest BCUT2D eigenvalue weighted by atomic mass is 16.6. The summed E-state index contributed by atoms with van der Waals surface area (Å²) in [5.41, 5.74) is 0. The van der Waals surface area contributed by atoms with E-state index in [0.29, 0.717) is 19.3 Å². The highest BCUT2D eigenvalue weighted by Crippen LogP contribution is 2.15. The fourth-order valence-corrected chi connectivity index (χ4v) is 6.44. The van der Waals surface area contributed by atoms with Crippen molar-refractivity contribution in [3.63, 3.8) is 0 Å². The highest BCUT2D eigenvalue weighted by Gasteiger charge is 2.19. The summed E-state index contributed by atoms with van der Waals surface area (Å²) in [5, 5.41) is 0. The Balaban J connectivity index is 4.36. The maximum Gasteiger partial charge on any atom is 0.306 e. The Morgan fingerprint density at radius 3 is 1.08 bits per heavy atom. The van der Waals surface area contributed by atoms with Crippen LogP contribution < -0.4 is 0 Å². The van der Waals surface area contributed by atoms with Crippen LogP contribution >= 0.6 is 0 Å². The molecule has 0 N–H and O–H groups in total. The van der Waals surface area contributed by atoms with Crippen molar-refractivity contribution in [1.29, 1.82) is 0 Å². The van der Waals surface area contributed by atoms with E-state index in [1.54, 1.807) is 0 Å². The molecule has 0 rings (SSSR count). The quantitative estimate of drug-likeness (QED) is 0.0268. The lowest BCUT2D eigenvalue weighted by atomic mass is 10.0. The zero-order valence-corrected chi connectivity index (χ0v) is 35.3. The van der Waals surface area contributed by atoms with Gasteiger partial charge in [0.25, 0.3) is 0 Å². The third-order valence-electron chi connectivity index (χ3n) is 9.93. The summed E-state index contributed by atoms with van der Waals surface area (Å²) in [7, 11) is 0. The second-order valence-corrected chi connectivity index (χ2v) is 15.3. The summed E-state index contributed by atoms with van der Waals surface area (Å²) in [5.74, 6) is -0.923. The first-order valence-electron chi connectivity index (χ1n) is 22.8. The van der Waals surface area contributed by atoms with E-state index in [1.807, 2.05) is 0 Å².